The predicted octanol–water partition coefficient (Wildman–Crippen LogP) is 1.79. The molecule has 15 heavy (non-hydrogen) atoms. The molecule has 3 nitrogen and oxygen atoms in total. The van der Waals surface area contributed by atoms with Crippen LogP contribution in [0.4, 0.5) is 4.79 Å². The van der Waals surface area contributed by atoms with Crippen molar-refractivity contribution in [1.29, 1.82) is 0 Å². The predicted molar refractivity (Wildman–Crippen MR) is 61.4 cm³/mol. The SMILES string of the molecule is C#CCN(CC1CC1)C(=O)N(CC)CC. The molecule has 0 unspecified atom stereocenters. The van der Waals surface area contributed by atoms with Gasteiger partial charge in [-0.1, -0.05) is 5.92 Å². The minimum absolute atomic E-state index is 0.0878. The largest absolute Gasteiger partial charge is 0.325 e. The third kappa shape index (κ3) is 3.47. The number of carbonyl (C=O) groups excluding carboxylic acids is 1. The number of hydrogen-bond donors (Lipinski definition) is 0. The van der Waals surface area contributed by atoms with Gasteiger partial charge < -0.3 is 9.80 Å². The van der Waals surface area contributed by atoms with Gasteiger partial charge in [0.2, 0.25) is 0 Å². The molecule has 0 bridgehead atoms. The number of rotatable bonds is 5. The van der Waals surface area contributed by atoms with Crippen molar-refractivity contribution >= 4 is 6.03 Å². The van der Waals surface area contributed by atoms with E-state index >= 15 is 0 Å². The second kappa shape index (κ2) is 5.65. The van der Waals surface area contributed by atoms with Gasteiger partial charge in [-0.2, -0.15) is 0 Å². The van der Waals surface area contributed by atoms with Crippen molar-refractivity contribution in [2.45, 2.75) is 26.7 Å². The lowest BCUT2D eigenvalue weighted by Crippen LogP contribution is -2.44. The first kappa shape index (κ1) is 11.9. The Morgan fingerprint density at radius 3 is 2.33 bits per heavy atom. The summed E-state index contributed by atoms with van der Waals surface area (Å²) >= 11 is 0. The van der Waals surface area contributed by atoms with Gasteiger partial charge in [-0.15, -0.1) is 6.42 Å². The van der Waals surface area contributed by atoms with Crippen LogP contribution in [-0.2, 0) is 0 Å². The van der Waals surface area contributed by atoms with Crippen molar-refractivity contribution in [2.75, 3.05) is 26.2 Å². The van der Waals surface area contributed by atoms with E-state index in [9.17, 15) is 4.79 Å². The summed E-state index contributed by atoms with van der Waals surface area (Å²) < 4.78 is 0. The van der Waals surface area contributed by atoms with Gasteiger partial charge in [0.1, 0.15) is 0 Å². The van der Waals surface area contributed by atoms with Crippen molar-refractivity contribution < 1.29 is 4.79 Å². The molecule has 2 amide bonds. The first-order valence-corrected chi connectivity index (χ1v) is 5.70. The van der Waals surface area contributed by atoms with Gasteiger partial charge in [0.15, 0.2) is 0 Å². The van der Waals surface area contributed by atoms with Crippen LogP contribution in [-0.4, -0.2) is 42.0 Å². The number of terminal acetylenes is 1. The van der Waals surface area contributed by atoms with Gasteiger partial charge >= 0.3 is 6.03 Å². The van der Waals surface area contributed by atoms with E-state index in [0.29, 0.717) is 12.5 Å². The Labute approximate surface area is 92.4 Å². The summed E-state index contributed by atoms with van der Waals surface area (Å²) in [4.78, 5) is 15.6. The zero-order valence-corrected chi connectivity index (χ0v) is 9.70. The molecule has 0 aliphatic heterocycles. The summed E-state index contributed by atoms with van der Waals surface area (Å²) in [7, 11) is 0. The average molecular weight is 208 g/mol. The van der Waals surface area contributed by atoms with Gasteiger partial charge in [0.05, 0.1) is 6.54 Å². The van der Waals surface area contributed by atoms with E-state index in [1.54, 1.807) is 4.90 Å². The van der Waals surface area contributed by atoms with E-state index in [2.05, 4.69) is 5.92 Å². The van der Waals surface area contributed by atoms with Crippen molar-refractivity contribution in [3.05, 3.63) is 0 Å². The van der Waals surface area contributed by atoms with Crippen LogP contribution >= 0.6 is 0 Å². The first-order valence-electron chi connectivity index (χ1n) is 5.70. The quantitative estimate of drug-likeness (QED) is 0.632. The first-order chi connectivity index (χ1) is 7.22. The highest BCUT2D eigenvalue weighted by Crippen LogP contribution is 2.29. The molecule has 1 saturated carbocycles. The minimum atomic E-state index is 0.0878. The van der Waals surface area contributed by atoms with Crippen molar-refractivity contribution in [1.82, 2.24) is 9.80 Å². The molecule has 0 heterocycles. The molecule has 3 heteroatoms. The van der Waals surface area contributed by atoms with Crippen LogP contribution in [0.3, 0.4) is 0 Å². The molecular weight excluding hydrogens is 188 g/mol. The Kier molecular flexibility index (Phi) is 4.48. The van der Waals surface area contributed by atoms with Crippen LogP contribution in [0.15, 0.2) is 0 Å². The van der Waals surface area contributed by atoms with Gasteiger partial charge in [0, 0.05) is 19.6 Å². The molecule has 0 aromatic carbocycles. The lowest BCUT2D eigenvalue weighted by Gasteiger charge is -2.27. The number of nitrogens with zero attached hydrogens (tertiary/aromatic N) is 2. The topological polar surface area (TPSA) is 23.6 Å². The lowest BCUT2D eigenvalue weighted by molar-refractivity contribution is 0.161. The van der Waals surface area contributed by atoms with E-state index in [1.165, 1.54) is 12.8 Å². The summed E-state index contributed by atoms with van der Waals surface area (Å²) in [5.41, 5.74) is 0. The summed E-state index contributed by atoms with van der Waals surface area (Å²) in [5.74, 6) is 3.26. The molecule has 0 spiro atoms. The molecule has 0 aromatic heterocycles. The third-order valence-corrected chi connectivity index (χ3v) is 2.76. The average Bonchev–Trinajstić information content (AvgIpc) is 3.03. The molecule has 0 aromatic rings. The summed E-state index contributed by atoms with van der Waals surface area (Å²) in [5, 5.41) is 0. The Morgan fingerprint density at radius 1 is 1.33 bits per heavy atom. The van der Waals surface area contributed by atoms with Crippen molar-refractivity contribution in [3.63, 3.8) is 0 Å². The maximum Gasteiger partial charge on any atom is 0.320 e. The molecule has 0 radical (unpaired) electrons. The maximum atomic E-state index is 12.0. The number of hydrogen-bond acceptors (Lipinski definition) is 1. The molecule has 0 saturated heterocycles. The lowest BCUT2D eigenvalue weighted by atomic mass is 10.3. The summed E-state index contributed by atoms with van der Waals surface area (Å²) in [6.07, 6.45) is 7.77. The molecule has 0 atom stereocenters. The van der Waals surface area contributed by atoms with Crippen LogP contribution in [0.1, 0.15) is 26.7 Å². The van der Waals surface area contributed by atoms with E-state index < -0.39 is 0 Å². The van der Waals surface area contributed by atoms with E-state index in [4.69, 9.17) is 6.42 Å². The van der Waals surface area contributed by atoms with E-state index in [-0.39, 0.29) is 6.03 Å². The van der Waals surface area contributed by atoms with Crippen LogP contribution in [0.25, 0.3) is 0 Å². The summed E-state index contributed by atoms with van der Waals surface area (Å²) in [6.45, 7) is 6.76. The Bertz CT molecular complexity index is 249. The normalized spacial score (nSPS) is 14.5. The smallest absolute Gasteiger partial charge is 0.320 e. The van der Waals surface area contributed by atoms with Crippen LogP contribution in [0.5, 0.6) is 0 Å². The third-order valence-electron chi connectivity index (χ3n) is 2.76. The zero-order chi connectivity index (χ0) is 11.3. The molecule has 84 valence electrons. The second-order valence-corrected chi connectivity index (χ2v) is 3.98. The van der Waals surface area contributed by atoms with Crippen LogP contribution in [0, 0.1) is 18.3 Å². The second-order valence-electron chi connectivity index (χ2n) is 3.98. The van der Waals surface area contributed by atoms with Crippen LogP contribution in [0.2, 0.25) is 0 Å². The molecule has 1 aliphatic carbocycles. The minimum Gasteiger partial charge on any atom is -0.325 e. The standard InChI is InChI=1S/C12H20N2O/c1-4-9-14(10-11-7-8-11)12(15)13(5-2)6-3/h1,11H,5-10H2,2-3H3. The molecule has 1 fully saturated rings. The zero-order valence-electron chi connectivity index (χ0n) is 9.70. The van der Waals surface area contributed by atoms with Gasteiger partial charge in [-0.05, 0) is 32.6 Å². The molecule has 1 aliphatic rings. The van der Waals surface area contributed by atoms with Gasteiger partial charge in [-0.25, -0.2) is 4.79 Å². The molecule has 0 N–H and O–H groups in total. The Hall–Kier alpha value is -1.17. The number of amides is 2. The number of urea groups is 1. The van der Waals surface area contributed by atoms with E-state index in [1.807, 2.05) is 18.7 Å². The molecular formula is C12H20N2O. The highest BCUT2D eigenvalue weighted by molar-refractivity contribution is 5.74. The van der Waals surface area contributed by atoms with Gasteiger partial charge in [-0.3, -0.25) is 0 Å². The van der Waals surface area contributed by atoms with Crippen molar-refractivity contribution in [2.24, 2.45) is 5.92 Å². The highest BCUT2D eigenvalue weighted by atomic mass is 16.2. The monoisotopic (exact) mass is 208 g/mol. The fraction of sp³-hybridized carbons (Fsp3) is 0.750. The van der Waals surface area contributed by atoms with Gasteiger partial charge in [0.25, 0.3) is 0 Å². The fourth-order valence-corrected chi connectivity index (χ4v) is 1.63. The van der Waals surface area contributed by atoms with Crippen molar-refractivity contribution in [3.8, 4) is 12.3 Å². The Balaban J connectivity index is 2.52. The summed E-state index contributed by atoms with van der Waals surface area (Å²) in [6, 6.07) is 0.0878. The fourth-order valence-electron chi connectivity index (χ4n) is 1.63. The number of carbonyl (C=O) groups is 1. The van der Waals surface area contributed by atoms with E-state index in [0.717, 1.165) is 19.6 Å². The Morgan fingerprint density at radius 2 is 1.93 bits per heavy atom. The maximum absolute atomic E-state index is 12.0. The highest BCUT2D eigenvalue weighted by Gasteiger charge is 2.27. The van der Waals surface area contributed by atoms with Crippen LogP contribution < -0.4 is 0 Å². The molecule has 1 rings (SSSR count).